The summed E-state index contributed by atoms with van der Waals surface area (Å²) in [7, 11) is 0. The Bertz CT molecular complexity index is 595. The highest BCUT2D eigenvalue weighted by Crippen LogP contribution is 2.31. The van der Waals surface area contributed by atoms with Gasteiger partial charge in [0.25, 0.3) is 0 Å². The van der Waals surface area contributed by atoms with Crippen molar-refractivity contribution in [1.82, 2.24) is 15.5 Å². The van der Waals surface area contributed by atoms with E-state index in [9.17, 15) is 4.79 Å². The van der Waals surface area contributed by atoms with Crippen molar-refractivity contribution in [2.24, 2.45) is 0 Å². The van der Waals surface area contributed by atoms with E-state index in [1.54, 1.807) is 34.4 Å². The summed E-state index contributed by atoms with van der Waals surface area (Å²) in [5.41, 5.74) is -0.152. The molecule has 2 aromatic rings. The molecule has 0 radical (unpaired) electrons. The van der Waals surface area contributed by atoms with Gasteiger partial charge in [-0.15, -0.1) is 21.5 Å². The van der Waals surface area contributed by atoms with Crippen LogP contribution in [0.1, 0.15) is 32.1 Å². The van der Waals surface area contributed by atoms with Gasteiger partial charge in [0.05, 0.1) is 5.75 Å². The Hall–Kier alpha value is -0.570. The largest absolute Gasteiger partial charge is 0.351 e. The van der Waals surface area contributed by atoms with E-state index in [0.717, 1.165) is 20.9 Å². The quantitative estimate of drug-likeness (QED) is 0.700. The van der Waals surface area contributed by atoms with E-state index >= 15 is 0 Å². The number of thiophene rings is 1. The number of nitrogens with zero attached hydrogens (tertiary/aromatic N) is 2. The van der Waals surface area contributed by atoms with Crippen LogP contribution < -0.4 is 5.32 Å². The maximum absolute atomic E-state index is 11.9. The van der Waals surface area contributed by atoms with Crippen molar-refractivity contribution >= 4 is 52.1 Å². The summed E-state index contributed by atoms with van der Waals surface area (Å²) in [6.07, 6.45) is 0.908. The molecule has 0 aliphatic heterocycles. The van der Waals surface area contributed by atoms with Gasteiger partial charge in [-0.25, -0.2) is 0 Å². The second-order valence-electron chi connectivity index (χ2n) is 5.28. The first-order valence-corrected chi connectivity index (χ1v) is 10.6. The van der Waals surface area contributed by atoms with E-state index < -0.39 is 0 Å². The van der Waals surface area contributed by atoms with Crippen molar-refractivity contribution in [3.05, 3.63) is 22.4 Å². The van der Waals surface area contributed by atoms with Crippen molar-refractivity contribution in [1.29, 1.82) is 0 Å². The van der Waals surface area contributed by atoms with E-state index in [2.05, 4.69) is 40.0 Å². The highest BCUT2D eigenvalue weighted by molar-refractivity contribution is 8.03. The third kappa shape index (κ3) is 5.91. The number of carbonyl (C=O) groups excluding carboxylic acids is 1. The number of hydrogen-bond donors (Lipinski definition) is 1. The minimum atomic E-state index is -0.152. The van der Waals surface area contributed by atoms with Crippen molar-refractivity contribution in [2.75, 3.05) is 5.75 Å². The van der Waals surface area contributed by atoms with E-state index in [-0.39, 0.29) is 11.4 Å². The summed E-state index contributed by atoms with van der Waals surface area (Å²) in [6, 6.07) is 4.17. The van der Waals surface area contributed by atoms with E-state index in [4.69, 9.17) is 0 Å². The molecule has 2 heterocycles. The first-order chi connectivity index (χ1) is 10.5. The van der Waals surface area contributed by atoms with Gasteiger partial charge in [0.15, 0.2) is 8.68 Å². The normalized spacial score (nSPS) is 11.6. The summed E-state index contributed by atoms with van der Waals surface area (Å²) >= 11 is 6.43. The zero-order chi connectivity index (χ0) is 16.0. The minimum absolute atomic E-state index is 0.0415. The third-order valence-corrected chi connectivity index (χ3v) is 7.29. The van der Waals surface area contributed by atoms with Crippen LogP contribution in [0.3, 0.4) is 0 Å². The molecule has 1 amide bonds. The van der Waals surface area contributed by atoms with Crippen LogP contribution in [-0.2, 0) is 10.5 Å². The Morgan fingerprint density at radius 1 is 1.32 bits per heavy atom. The molecule has 0 saturated carbocycles. The van der Waals surface area contributed by atoms with Crippen molar-refractivity contribution in [2.45, 2.75) is 47.2 Å². The second-order valence-corrected chi connectivity index (χ2v) is 9.73. The molecule has 0 saturated heterocycles. The minimum Gasteiger partial charge on any atom is -0.351 e. The lowest BCUT2D eigenvalue weighted by molar-refractivity contribution is -0.120. The number of aromatic nitrogens is 2. The highest BCUT2D eigenvalue weighted by Gasteiger charge is 2.18. The zero-order valence-electron chi connectivity index (χ0n) is 12.8. The maximum atomic E-state index is 11.9. The number of amides is 1. The highest BCUT2D eigenvalue weighted by atomic mass is 32.2. The Morgan fingerprint density at radius 3 is 2.68 bits per heavy atom. The fourth-order valence-corrected chi connectivity index (χ4v) is 5.06. The summed E-state index contributed by atoms with van der Waals surface area (Å²) in [5, 5.41) is 13.4. The van der Waals surface area contributed by atoms with Crippen LogP contribution in [0.4, 0.5) is 0 Å². The van der Waals surface area contributed by atoms with Gasteiger partial charge >= 0.3 is 0 Å². The van der Waals surface area contributed by atoms with Gasteiger partial charge in [0.1, 0.15) is 0 Å². The molecular weight excluding hydrogens is 354 g/mol. The molecule has 4 nitrogen and oxygen atoms in total. The molecule has 22 heavy (non-hydrogen) atoms. The van der Waals surface area contributed by atoms with E-state index in [1.165, 1.54) is 16.6 Å². The molecule has 0 fully saturated rings. The van der Waals surface area contributed by atoms with E-state index in [1.807, 2.05) is 13.8 Å². The van der Waals surface area contributed by atoms with Gasteiger partial charge in [-0.1, -0.05) is 47.9 Å². The first-order valence-electron chi connectivity index (χ1n) is 6.91. The van der Waals surface area contributed by atoms with Crippen molar-refractivity contribution in [3.8, 4) is 0 Å². The molecule has 0 atom stereocenters. The van der Waals surface area contributed by atoms with Crippen LogP contribution in [0.25, 0.3) is 0 Å². The van der Waals surface area contributed by atoms with Gasteiger partial charge in [0, 0.05) is 16.2 Å². The standard InChI is InChI=1S/C14H19N3OS4/c1-4-14(2,3)15-11(18)9-21-13-17-16-12(22-13)20-8-10-6-5-7-19-10/h5-7H,4,8-9H2,1-3H3,(H,15,18). The fourth-order valence-electron chi connectivity index (χ4n) is 1.47. The Labute approximate surface area is 147 Å². The molecule has 2 aromatic heterocycles. The molecule has 0 aliphatic rings. The Kier molecular flexibility index (Phi) is 6.73. The third-order valence-electron chi connectivity index (χ3n) is 2.99. The van der Waals surface area contributed by atoms with Crippen molar-refractivity contribution in [3.63, 3.8) is 0 Å². The summed E-state index contributed by atoms with van der Waals surface area (Å²) < 4.78 is 1.79. The van der Waals surface area contributed by atoms with Crippen LogP contribution in [0.15, 0.2) is 26.2 Å². The summed E-state index contributed by atoms with van der Waals surface area (Å²) in [6.45, 7) is 6.12. The molecule has 0 bridgehead atoms. The molecule has 120 valence electrons. The summed E-state index contributed by atoms with van der Waals surface area (Å²) in [4.78, 5) is 13.2. The van der Waals surface area contributed by atoms with Crippen LogP contribution in [-0.4, -0.2) is 27.4 Å². The molecular formula is C14H19N3OS4. The Morgan fingerprint density at radius 2 is 2.05 bits per heavy atom. The smallest absolute Gasteiger partial charge is 0.230 e. The molecule has 2 rings (SSSR count). The topological polar surface area (TPSA) is 54.9 Å². The first kappa shape index (κ1) is 17.8. The van der Waals surface area contributed by atoms with Gasteiger partial charge in [-0.05, 0) is 31.7 Å². The number of hydrogen-bond acceptors (Lipinski definition) is 7. The lowest BCUT2D eigenvalue weighted by Crippen LogP contribution is -2.43. The van der Waals surface area contributed by atoms with Crippen molar-refractivity contribution < 1.29 is 4.79 Å². The molecule has 0 aliphatic carbocycles. The van der Waals surface area contributed by atoms with Crippen LogP contribution in [0.2, 0.25) is 0 Å². The van der Waals surface area contributed by atoms with Gasteiger partial charge in [0.2, 0.25) is 5.91 Å². The van der Waals surface area contributed by atoms with E-state index in [0.29, 0.717) is 5.75 Å². The predicted octanol–water partition coefficient (Wildman–Crippen LogP) is 4.29. The second kappa shape index (κ2) is 8.33. The number of carbonyl (C=O) groups is 1. The van der Waals surface area contributed by atoms with Gasteiger partial charge in [-0.3, -0.25) is 4.79 Å². The molecule has 8 heteroatoms. The number of nitrogens with one attached hydrogen (secondary N) is 1. The Balaban J connectivity index is 1.76. The molecule has 0 spiro atoms. The lowest BCUT2D eigenvalue weighted by atomic mass is 10.0. The SMILES string of the molecule is CCC(C)(C)NC(=O)CSc1nnc(SCc2cccs2)s1. The number of thioether (sulfide) groups is 2. The predicted molar refractivity (Wildman–Crippen MR) is 97.0 cm³/mol. The van der Waals surface area contributed by atoms with Crippen LogP contribution in [0, 0.1) is 0 Å². The fraction of sp³-hybridized carbons (Fsp3) is 0.500. The monoisotopic (exact) mass is 373 g/mol. The lowest BCUT2D eigenvalue weighted by Gasteiger charge is -2.24. The average molecular weight is 374 g/mol. The zero-order valence-corrected chi connectivity index (χ0v) is 16.1. The number of rotatable bonds is 8. The summed E-state index contributed by atoms with van der Waals surface area (Å²) in [5.74, 6) is 1.34. The van der Waals surface area contributed by atoms with Crippen LogP contribution in [0.5, 0.6) is 0 Å². The molecule has 1 N–H and O–H groups in total. The van der Waals surface area contributed by atoms with Crippen LogP contribution >= 0.6 is 46.2 Å². The average Bonchev–Trinajstić information content (AvgIpc) is 3.14. The van der Waals surface area contributed by atoms with Gasteiger partial charge < -0.3 is 5.32 Å². The molecule has 0 unspecified atom stereocenters. The van der Waals surface area contributed by atoms with Gasteiger partial charge in [-0.2, -0.15) is 0 Å². The molecule has 0 aromatic carbocycles. The maximum Gasteiger partial charge on any atom is 0.230 e.